The molecule has 0 unspecified atom stereocenters. The van der Waals surface area contributed by atoms with Gasteiger partial charge in [-0.1, -0.05) is 24.3 Å². The van der Waals surface area contributed by atoms with Gasteiger partial charge in [-0.15, -0.1) is 11.3 Å². The van der Waals surface area contributed by atoms with Crippen molar-refractivity contribution in [3.8, 4) is 17.0 Å². The van der Waals surface area contributed by atoms with Gasteiger partial charge in [-0.05, 0) is 31.2 Å². The third-order valence-electron chi connectivity index (χ3n) is 3.21. The van der Waals surface area contributed by atoms with Crippen LogP contribution >= 0.6 is 11.3 Å². The molecule has 2 N–H and O–H groups in total. The van der Waals surface area contributed by atoms with Gasteiger partial charge in [-0.2, -0.15) is 0 Å². The van der Waals surface area contributed by atoms with E-state index >= 15 is 0 Å². The third kappa shape index (κ3) is 2.99. The molecule has 0 saturated heterocycles. The number of carbonyl (C=O) groups is 1. The molecule has 3 rings (SSSR count). The van der Waals surface area contributed by atoms with Crippen LogP contribution in [0.4, 0.5) is 5.69 Å². The molecule has 0 aliphatic carbocycles. The summed E-state index contributed by atoms with van der Waals surface area (Å²) in [5.41, 5.74) is 2.86. The fourth-order valence-corrected chi connectivity index (χ4v) is 2.71. The Morgan fingerprint density at radius 3 is 2.50 bits per heavy atom. The van der Waals surface area contributed by atoms with Crippen molar-refractivity contribution < 1.29 is 9.90 Å². The monoisotopic (exact) mass is 310 g/mol. The lowest BCUT2D eigenvalue weighted by Crippen LogP contribution is -2.11. The topological polar surface area (TPSA) is 62.2 Å². The van der Waals surface area contributed by atoms with Gasteiger partial charge in [-0.3, -0.25) is 4.79 Å². The highest BCUT2D eigenvalue weighted by atomic mass is 32.1. The number of amides is 1. The first-order chi connectivity index (χ1) is 10.6. The molecule has 0 spiro atoms. The number of hydrogen-bond donors (Lipinski definition) is 2. The van der Waals surface area contributed by atoms with Crippen LogP contribution in [0.5, 0.6) is 5.75 Å². The molecule has 0 bridgehead atoms. The Labute approximate surface area is 132 Å². The van der Waals surface area contributed by atoms with Crippen LogP contribution in [0.15, 0.2) is 53.9 Å². The number of aromatic hydroxyl groups is 1. The lowest BCUT2D eigenvalue weighted by atomic mass is 10.1. The van der Waals surface area contributed by atoms with E-state index in [9.17, 15) is 9.90 Å². The van der Waals surface area contributed by atoms with Crippen molar-refractivity contribution >= 4 is 22.9 Å². The van der Waals surface area contributed by atoms with Gasteiger partial charge in [-0.25, -0.2) is 4.98 Å². The van der Waals surface area contributed by atoms with Crippen molar-refractivity contribution in [2.75, 3.05) is 5.32 Å². The fraction of sp³-hybridized carbons (Fsp3) is 0.0588. The van der Waals surface area contributed by atoms with E-state index in [0.717, 1.165) is 16.3 Å². The van der Waals surface area contributed by atoms with Crippen molar-refractivity contribution in [2.24, 2.45) is 0 Å². The minimum Gasteiger partial charge on any atom is -0.507 e. The van der Waals surface area contributed by atoms with Crippen molar-refractivity contribution in [3.63, 3.8) is 0 Å². The number of benzene rings is 2. The zero-order chi connectivity index (χ0) is 15.5. The maximum Gasteiger partial charge on any atom is 0.259 e. The average Bonchev–Trinajstić information content (AvgIpc) is 2.95. The van der Waals surface area contributed by atoms with Gasteiger partial charge >= 0.3 is 0 Å². The number of anilines is 1. The molecule has 4 nitrogen and oxygen atoms in total. The van der Waals surface area contributed by atoms with Crippen molar-refractivity contribution in [2.45, 2.75) is 6.92 Å². The van der Waals surface area contributed by atoms with Gasteiger partial charge in [0.25, 0.3) is 5.91 Å². The minimum atomic E-state index is -0.338. The number of phenolic OH excluding ortho intramolecular Hbond substituents is 1. The molecule has 1 amide bonds. The zero-order valence-electron chi connectivity index (χ0n) is 11.9. The molecule has 0 aliphatic rings. The second kappa shape index (κ2) is 5.99. The van der Waals surface area contributed by atoms with Crippen molar-refractivity contribution in [3.05, 3.63) is 64.5 Å². The molecular formula is C17H14N2O2S. The number of rotatable bonds is 3. The van der Waals surface area contributed by atoms with Gasteiger partial charge in [0.2, 0.25) is 0 Å². The molecular weight excluding hydrogens is 296 g/mol. The first-order valence-electron chi connectivity index (χ1n) is 6.75. The largest absolute Gasteiger partial charge is 0.507 e. The highest BCUT2D eigenvalue weighted by Gasteiger charge is 2.10. The number of phenols is 1. The predicted octanol–water partition coefficient (Wildman–Crippen LogP) is 4.08. The van der Waals surface area contributed by atoms with Gasteiger partial charge in [0.15, 0.2) is 0 Å². The Morgan fingerprint density at radius 2 is 1.86 bits per heavy atom. The Balaban J connectivity index is 1.76. The lowest BCUT2D eigenvalue weighted by molar-refractivity contribution is 0.102. The first-order valence-corrected chi connectivity index (χ1v) is 7.63. The molecule has 1 aromatic heterocycles. The minimum absolute atomic E-state index is 0.0328. The van der Waals surface area contributed by atoms with Crippen LogP contribution in [-0.2, 0) is 0 Å². The second-order valence-corrected chi connectivity index (χ2v) is 5.86. The summed E-state index contributed by atoms with van der Waals surface area (Å²) in [6, 6.07) is 13.9. The van der Waals surface area contributed by atoms with Crippen LogP contribution < -0.4 is 5.32 Å². The quantitative estimate of drug-likeness (QED) is 0.766. The van der Waals surface area contributed by atoms with Crippen molar-refractivity contribution in [1.82, 2.24) is 4.98 Å². The number of aromatic nitrogens is 1. The summed E-state index contributed by atoms with van der Waals surface area (Å²) >= 11 is 1.60. The van der Waals surface area contributed by atoms with Gasteiger partial charge in [0.05, 0.1) is 16.3 Å². The molecule has 2 aromatic carbocycles. The summed E-state index contributed by atoms with van der Waals surface area (Å²) in [5.74, 6) is -0.370. The van der Waals surface area contributed by atoms with E-state index in [-0.39, 0.29) is 17.2 Å². The normalized spacial score (nSPS) is 10.4. The predicted molar refractivity (Wildman–Crippen MR) is 88.3 cm³/mol. The standard InChI is InChI=1S/C17H14N2O2S/c1-11-18-15(10-22-11)12-6-8-13(9-7-12)19-17(21)14-4-2-3-5-16(14)20/h2-10,20H,1H3,(H,19,21). The number of para-hydroxylation sites is 1. The van der Waals surface area contributed by atoms with Crippen LogP contribution in [0.1, 0.15) is 15.4 Å². The molecule has 3 aromatic rings. The highest BCUT2D eigenvalue weighted by molar-refractivity contribution is 7.09. The first kappa shape index (κ1) is 14.3. The van der Waals surface area contributed by atoms with E-state index in [1.165, 1.54) is 6.07 Å². The highest BCUT2D eigenvalue weighted by Crippen LogP contribution is 2.24. The second-order valence-electron chi connectivity index (χ2n) is 4.80. The van der Waals surface area contributed by atoms with Gasteiger partial charge < -0.3 is 10.4 Å². The summed E-state index contributed by atoms with van der Waals surface area (Å²) in [6.45, 7) is 1.97. The Bertz CT molecular complexity index is 810. The van der Waals surface area contributed by atoms with Crippen LogP contribution in [0.25, 0.3) is 11.3 Å². The number of nitrogens with zero attached hydrogens (tertiary/aromatic N) is 1. The van der Waals surface area contributed by atoms with Gasteiger partial charge in [0, 0.05) is 16.6 Å². The number of aryl methyl sites for hydroxylation is 1. The van der Waals surface area contributed by atoms with Crippen LogP contribution in [0, 0.1) is 6.92 Å². The molecule has 1 heterocycles. The SMILES string of the molecule is Cc1nc(-c2ccc(NC(=O)c3ccccc3O)cc2)cs1. The Hall–Kier alpha value is -2.66. The number of thiazole rings is 1. The lowest BCUT2D eigenvalue weighted by Gasteiger charge is -2.07. The number of carbonyl (C=O) groups excluding carboxylic acids is 1. The summed E-state index contributed by atoms with van der Waals surface area (Å²) in [5, 5.41) is 15.5. The number of nitrogens with one attached hydrogen (secondary N) is 1. The molecule has 22 heavy (non-hydrogen) atoms. The van der Waals surface area contributed by atoms with E-state index in [1.54, 1.807) is 29.5 Å². The smallest absolute Gasteiger partial charge is 0.259 e. The summed E-state index contributed by atoms with van der Waals surface area (Å²) in [4.78, 5) is 16.5. The Kier molecular flexibility index (Phi) is 3.89. The third-order valence-corrected chi connectivity index (χ3v) is 3.98. The van der Waals surface area contributed by atoms with Crippen LogP contribution in [0.2, 0.25) is 0 Å². The number of hydrogen-bond acceptors (Lipinski definition) is 4. The van der Waals surface area contributed by atoms with Crippen LogP contribution in [-0.4, -0.2) is 16.0 Å². The molecule has 0 saturated carbocycles. The van der Waals surface area contributed by atoms with Crippen LogP contribution in [0.3, 0.4) is 0 Å². The van der Waals surface area contributed by atoms with E-state index in [0.29, 0.717) is 5.69 Å². The summed E-state index contributed by atoms with van der Waals surface area (Å²) < 4.78 is 0. The van der Waals surface area contributed by atoms with Gasteiger partial charge in [0.1, 0.15) is 5.75 Å². The molecule has 5 heteroatoms. The molecule has 110 valence electrons. The van der Waals surface area contributed by atoms with Crippen molar-refractivity contribution in [1.29, 1.82) is 0 Å². The van der Waals surface area contributed by atoms with E-state index in [2.05, 4.69) is 10.3 Å². The van der Waals surface area contributed by atoms with E-state index in [4.69, 9.17) is 0 Å². The summed E-state index contributed by atoms with van der Waals surface area (Å²) in [6.07, 6.45) is 0. The molecule has 0 atom stereocenters. The maximum atomic E-state index is 12.1. The average molecular weight is 310 g/mol. The molecule has 0 radical (unpaired) electrons. The maximum absolute atomic E-state index is 12.1. The van der Waals surface area contributed by atoms with E-state index < -0.39 is 0 Å². The summed E-state index contributed by atoms with van der Waals surface area (Å²) in [7, 11) is 0. The van der Waals surface area contributed by atoms with E-state index in [1.807, 2.05) is 36.6 Å². The fourth-order valence-electron chi connectivity index (χ4n) is 2.08. The molecule has 0 fully saturated rings. The Morgan fingerprint density at radius 1 is 1.14 bits per heavy atom. The molecule has 0 aliphatic heterocycles. The zero-order valence-corrected chi connectivity index (χ0v) is 12.7.